The number of benzene rings is 1. The molecule has 0 aliphatic rings. The van der Waals surface area contributed by atoms with E-state index in [1.54, 1.807) is 30.3 Å². The Bertz CT molecular complexity index is 697. The van der Waals surface area contributed by atoms with E-state index in [1.165, 1.54) is 18.3 Å². The molecule has 0 aliphatic carbocycles. The molecule has 1 aromatic heterocycles. The van der Waals surface area contributed by atoms with Crippen molar-refractivity contribution in [1.82, 2.24) is 0 Å². The van der Waals surface area contributed by atoms with Crippen LogP contribution in [0.5, 0.6) is 0 Å². The minimum Gasteiger partial charge on any atom is -0.288 e. The van der Waals surface area contributed by atoms with Crippen LogP contribution in [0.15, 0.2) is 30.3 Å². The fraction of sp³-hybridized carbons (Fsp3) is 0.200. The Hall–Kier alpha value is -1.36. The molecule has 1 heterocycles. The van der Waals surface area contributed by atoms with Gasteiger partial charge >= 0.3 is 0 Å². The van der Waals surface area contributed by atoms with Crippen LogP contribution in [0.3, 0.4) is 0 Å². The first-order valence-corrected chi connectivity index (χ1v) is 7.87. The van der Waals surface area contributed by atoms with E-state index in [0.717, 1.165) is 15.7 Å². The summed E-state index contributed by atoms with van der Waals surface area (Å²) < 4.78 is 0.980. The van der Waals surface area contributed by atoms with E-state index in [0.29, 0.717) is 21.2 Å². The molecule has 110 valence electrons. The first-order chi connectivity index (χ1) is 9.95. The summed E-state index contributed by atoms with van der Waals surface area (Å²) >= 11 is 13.4. The molecule has 0 saturated heterocycles. The number of rotatable bonds is 4. The molecule has 0 spiro atoms. The van der Waals surface area contributed by atoms with Gasteiger partial charge in [-0.15, -0.1) is 11.3 Å². The van der Waals surface area contributed by atoms with E-state index in [2.05, 4.69) is 0 Å². The maximum Gasteiger partial charge on any atom is 0.239 e. The Morgan fingerprint density at radius 1 is 1.24 bits per heavy atom. The van der Waals surface area contributed by atoms with Crippen molar-refractivity contribution in [3.63, 3.8) is 0 Å². The second kappa shape index (κ2) is 6.60. The van der Waals surface area contributed by atoms with Gasteiger partial charge in [0.1, 0.15) is 5.00 Å². The standard InChI is InChI=1S/C15H13Cl2NO2S/c1-3-10-8-12(15(21-10)18(17)9(2)19)14(20)11-6-4-5-7-13(11)16/h4-8H,3H2,1-2H3. The molecule has 21 heavy (non-hydrogen) atoms. The minimum atomic E-state index is -0.339. The zero-order valence-electron chi connectivity index (χ0n) is 11.5. The lowest BCUT2D eigenvalue weighted by atomic mass is 10.0. The molecule has 1 amide bonds. The summed E-state index contributed by atoms with van der Waals surface area (Å²) in [5.74, 6) is -0.576. The molecule has 0 unspecified atom stereocenters. The minimum absolute atomic E-state index is 0.238. The van der Waals surface area contributed by atoms with Crippen molar-refractivity contribution in [2.45, 2.75) is 20.3 Å². The summed E-state index contributed by atoms with van der Waals surface area (Å²) in [6.07, 6.45) is 0.760. The number of anilines is 1. The molecular weight excluding hydrogens is 329 g/mol. The van der Waals surface area contributed by atoms with Crippen LogP contribution in [0.25, 0.3) is 0 Å². The van der Waals surface area contributed by atoms with Crippen molar-refractivity contribution in [2.75, 3.05) is 4.42 Å². The number of hydrogen-bond donors (Lipinski definition) is 0. The van der Waals surface area contributed by atoms with Crippen LogP contribution in [-0.4, -0.2) is 11.7 Å². The molecule has 0 radical (unpaired) electrons. The van der Waals surface area contributed by atoms with E-state index in [9.17, 15) is 9.59 Å². The molecule has 3 nitrogen and oxygen atoms in total. The number of nitrogens with zero attached hydrogens (tertiary/aromatic N) is 1. The van der Waals surface area contributed by atoms with Gasteiger partial charge in [-0.2, -0.15) is 0 Å². The number of hydrogen-bond acceptors (Lipinski definition) is 3. The molecule has 2 rings (SSSR count). The van der Waals surface area contributed by atoms with Gasteiger partial charge in [0.15, 0.2) is 5.78 Å². The first-order valence-electron chi connectivity index (χ1n) is 6.34. The molecule has 0 N–H and O–H groups in total. The number of carbonyl (C=O) groups excluding carboxylic acids is 2. The highest BCUT2D eigenvalue weighted by Crippen LogP contribution is 2.35. The number of carbonyl (C=O) groups is 2. The zero-order chi connectivity index (χ0) is 15.6. The summed E-state index contributed by atoms with van der Waals surface area (Å²) in [5, 5.41) is 0.813. The topological polar surface area (TPSA) is 37.4 Å². The summed E-state index contributed by atoms with van der Waals surface area (Å²) in [6, 6.07) is 8.59. The highest BCUT2D eigenvalue weighted by Gasteiger charge is 2.24. The smallest absolute Gasteiger partial charge is 0.239 e. The molecule has 0 saturated carbocycles. The van der Waals surface area contributed by atoms with Crippen molar-refractivity contribution < 1.29 is 9.59 Å². The van der Waals surface area contributed by atoms with Crippen LogP contribution in [0.4, 0.5) is 5.00 Å². The quantitative estimate of drug-likeness (QED) is 0.596. The normalized spacial score (nSPS) is 10.5. The second-order valence-corrected chi connectivity index (χ2v) is 6.25. The van der Waals surface area contributed by atoms with Gasteiger partial charge in [0.05, 0.1) is 10.6 Å². The van der Waals surface area contributed by atoms with Gasteiger partial charge in [-0.05, 0) is 24.6 Å². The van der Waals surface area contributed by atoms with Gasteiger partial charge in [-0.1, -0.05) is 30.7 Å². The van der Waals surface area contributed by atoms with Gasteiger partial charge in [0.2, 0.25) is 5.91 Å². The SMILES string of the molecule is CCc1cc(C(=O)c2ccccc2Cl)c(N(Cl)C(C)=O)s1. The Morgan fingerprint density at radius 2 is 1.90 bits per heavy atom. The summed E-state index contributed by atoms with van der Waals surface area (Å²) in [6.45, 7) is 3.33. The molecular formula is C15H13Cl2NO2S. The Morgan fingerprint density at radius 3 is 2.48 bits per heavy atom. The molecule has 0 bridgehead atoms. The van der Waals surface area contributed by atoms with E-state index < -0.39 is 0 Å². The lowest BCUT2D eigenvalue weighted by molar-refractivity contribution is -0.115. The maximum absolute atomic E-state index is 12.7. The third-order valence-corrected chi connectivity index (χ3v) is 5.03. The number of halogens is 2. The van der Waals surface area contributed by atoms with Crippen molar-refractivity contribution >= 4 is 51.4 Å². The third-order valence-electron chi connectivity index (χ3n) is 2.93. The molecule has 1 aromatic carbocycles. The average molecular weight is 342 g/mol. The molecule has 0 aliphatic heterocycles. The van der Waals surface area contributed by atoms with Crippen molar-refractivity contribution in [3.05, 3.63) is 51.4 Å². The molecule has 0 atom stereocenters. The number of ketones is 1. The third kappa shape index (κ3) is 3.28. The van der Waals surface area contributed by atoms with Crippen LogP contribution in [0.2, 0.25) is 5.02 Å². The van der Waals surface area contributed by atoms with Crippen LogP contribution in [0, 0.1) is 0 Å². The Kier molecular flexibility index (Phi) is 5.04. The van der Waals surface area contributed by atoms with Crippen molar-refractivity contribution in [3.8, 4) is 0 Å². The Balaban J connectivity index is 2.53. The van der Waals surface area contributed by atoms with Crippen LogP contribution in [0.1, 0.15) is 34.6 Å². The van der Waals surface area contributed by atoms with Gasteiger partial charge < -0.3 is 0 Å². The highest BCUT2D eigenvalue weighted by atomic mass is 35.5. The van der Waals surface area contributed by atoms with Crippen LogP contribution in [-0.2, 0) is 11.2 Å². The van der Waals surface area contributed by atoms with E-state index >= 15 is 0 Å². The zero-order valence-corrected chi connectivity index (χ0v) is 13.9. The predicted octanol–water partition coefficient (Wildman–Crippen LogP) is 4.70. The van der Waals surface area contributed by atoms with E-state index in [1.807, 2.05) is 6.92 Å². The lowest BCUT2D eigenvalue weighted by Crippen LogP contribution is -2.18. The van der Waals surface area contributed by atoms with Gasteiger partial charge in [0.25, 0.3) is 0 Å². The van der Waals surface area contributed by atoms with Crippen LogP contribution < -0.4 is 4.42 Å². The highest BCUT2D eigenvalue weighted by molar-refractivity contribution is 7.17. The summed E-state index contributed by atoms with van der Waals surface area (Å²) in [4.78, 5) is 25.1. The fourth-order valence-corrected chi connectivity index (χ4v) is 3.30. The van der Waals surface area contributed by atoms with Crippen molar-refractivity contribution in [2.24, 2.45) is 0 Å². The van der Waals surface area contributed by atoms with E-state index in [4.69, 9.17) is 23.4 Å². The first kappa shape index (κ1) is 16.0. The number of aryl methyl sites for hydroxylation is 1. The average Bonchev–Trinajstić information content (AvgIpc) is 2.90. The fourth-order valence-electron chi connectivity index (χ4n) is 1.85. The maximum atomic E-state index is 12.7. The molecule has 0 fully saturated rings. The Labute approximate surface area is 137 Å². The van der Waals surface area contributed by atoms with Crippen molar-refractivity contribution in [1.29, 1.82) is 0 Å². The van der Waals surface area contributed by atoms with Gasteiger partial charge in [-0.25, -0.2) is 4.42 Å². The lowest BCUT2D eigenvalue weighted by Gasteiger charge is -2.11. The van der Waals surface area contributed by atoms with Gasteiger partial charge in [0, 0.05) is 29.1 Å². The monoisotopic (exact) mass is 341 g/mol. The second-order valence-electron chi connectivity index (χ2n) is 4.39. The number of thiophene rings is 1. The molecule has 2 aromatic rings. The summed E-state index contributed by atoms with van der Waals surface area (Å²) in [5.41, 5.74) is 0.796. The van der Waals surface area contributed by atoms with Gasteiger partial charge in [-0.3, -0.25) is 9.59 Å². The molecule has 6 heteroatoms. The van der Waals surface area contributed by atoms with E-state index in [-0.39, 0.29) is 11.7 Å². The predicted molar refractivity (Wildman–Crippen MR) is 87.6 cm³/mol. The largest absolute Gasteiger partial charge is 0.288 e. The summed E-state index contributed by atoms with van der Waals surface area (Å²) in [7, 11) is 0. The van der Waals surface area contributed by atoms with Crippen LogP contribution >= 0.6 is 34.7 Å². The number of amides is 1.